The third-order valence-electron chi connectivity index (χ3n) is 6.07. The van der Waals surface area contributed by atoms with Gasteiger partial charge >= 0.3 is 5.69 Å². The van der Waals surface area contributed by atoms with E-state index in [9.17, 15) is 14.9 Å². The number of aromatic nitrogens is 3. The molecule has 1 aliphatic rings. The summed E-state index contributed by atoms with van der Waals surface area (Å²) in [6, 6.07) is 19.5. The fourth-order valence-electron chi connectivity index (χ4n) is 4.40. The minimum atomic E-state index is -0.825. The molecule has 5 rings (SSSR count). The minimum absolute atomic E-state index is 0.138. The number of nitrogens with one attached hydrogen (secondary N) is 1. The quantitative estimate of drug-likeness (QED) is 0.528. The molecule has 33 heavy (non-hydrogen) atoms. The van der Waals surface area contributed by atoms with E-state index in [-0.39, 0.29) is 11.6 Å². The lowest BCUT2D eigenvalue weighted by atomic mass is 10.0. The van der Waals surface area contributed by atoms with Crippen LogP contribution in [0.1, 0.15) is 17.2 Å². The van der Waals surface area contributed by atoms with E-state index in [0.717, 1.165) is 11.3 Å². The third-order valence-corrected chi connectivity index (χ3v) is 6.07. The summed E-state index contributed by atoms with van der Waals surface area (Å²) in [4.78, 5) is 37.8. The molecule has 0 bridgehead atoms. The average molecular weight is 438 g/mol. The number of amides is 1. The number of nitriles is 1. The van der Waals surface area contributed by atoms with Crippen LogP contribution in [0.3, 0.4) is 0 Å². The van der Waals surface area contributed by atoms with E-state index in [1.807, 2.05) is 47.4 Å². The first-order valence-corrected chi connectivity index (χ1v) is 10.8. The number of hydrogen-bond acceptors (Lipinski definition) is 5. The van der Waals surface area contributed by atoms with Crippen LogP contribution in [-0.2, 0) is 4.79 Å². The maximum absolute atomic E-state index is 13.8. The van der Waals surface area contributed by atoms with Crippen LogP contribution in [0.4, 0.5) is 5.69 Å². The van der Waals surface area contributed by atoms with Crippen LogP contribution in [0.2, 0.25) is 0 Å². The first kappa shape index (κ1) is 20.5. The zero-order valence-corrected chi connectivity index (χ0v) is 17.9. The Morgan fingerprint density at radius 3 is 2.42 bits per heavy atom. The molecular formula is C25H22N6O2. The van der Waals surface area contributed by atoms with E-state index in [2.05, 4.69) is 20.9 Å². The van der Waals surface area contributed by atoms with Crippen LogP contribution >= 0.6 is 0 Å². The number of carbonyl (C=O) groups is 1. The lowest BCUT2D eigenvalue weighted by molar-refractivity contribution is -0.133. The summed E-state index contributed by atoms with van der Waals surface area (Å²) < 4.78 is 1.48. The second-order valence-corrected chi connectivity index (χ2v) is 7.97. The second-order valence-electron chi connectivity index (χ2n) is 7.97. The summed E-state index contributed by atoms with van der Waals surface area (Å²) in [5.41, 5.74) is 2.99. The number of carbonyl (C=O) groups excluding carboxylic acids is 1. The van der Waals surface area contributed by atoms with E-state index >= 15 is 0 Å². The summed E-state index contributed by atoms with van der Waals surface area (Å²) in [7, 11) is 0. The number of hydrogen-bond donors (Lipinski definition) is 1. The highest BCUT2D eigenvalue weighted by atomic mass is 16.2. The van der Waals surface area contributed by atoms with Crippen molar-refractivity contribution in [2.45, 2.75) is 6.04 Å². The van der Waals surface area contributed by atoms with Gasteiger partial charge in [-0.3, -0.25) is 14.3 Å². The number of pyridine rings is 1. The van der Waals surface area contributed by atoms with Crippen LogP contribution < -0.4 is 10.6 Å². The van der Waals surface area contributed by atoms with Crippen LogP contribution in [0.15, 0.2) is 77.9 Å². The number of H-pyrrole nitrogens is 1. The summed E-state index contributed by atoms with van der Waals surface area (Å²) in [6.45, 7) is 2.48. The van der Waals surface area contributed by atoms with Gasteiger partial charge in [0.2, 0.25) is 0 Å². The minimum Gasteiger partial charge on any atom is -0.368 e. The standard InChI is InChI=1S/C25H22N6O2/c26-17-18-6-7-21-22(16-18)31(25(33)28-21)23(19-4-2-1-3-5-19)24(32)30-14-12-29(13-15-30)20-8-10-27-11-9-20/h1-11,16,23H,12-15H2,(H,28,33). The Kier molecular flexibility index (Phi) is 5.37. The number of benzene rings is 2. The lowest BCUT2D eigenvalue weighted by Gasteiger charge is -2.37. The molecule has 8 nitrogen and oxygen atoms in total. The Morgan fingerprint density at radius 1 is 1.00 bits per heavy atom. The van der Waals surface area contributed by atoms with Gasteiger partial charge in [-0.15, -0.1) is 0 Å². The van der Waals surface area contributed by atoms with Gasteiger partial charge in [0.25, 0.3) is 5.91 Å². The number of nitrogens with zero attached hydrogens (tertiary/aromatic N) is 5. The zero-order valence-electron chi connectivity index (χ0n) is 17.9. The molecule has 1 saturated heterocycles. The van der Waals surface area contributed by atoms with Gasteiger partial charge in [0.05, 0.1) is 22.7 Å². The Morgan fingerprint density at radius 2 is 1.73 bits per heavy atom. The van der Waals surface area contributed by atoms with E-state index in [4.69, 9.17) is 0 Å². The van der Waals surface area contributed by atoms with Crippen molar-refractivity contribution >= 4 is 22.6 Å². The number of piperazine rings is 1. The molecule has 3 heterocycles. The predicted octanol–water partition coefficient (Wildman–Crippen LogP) is 2.53. The summed E-state index contributed by atoms with van der Waals surface area (Å²) in [5.74, 6) is -0.138. The third kappa shape index (κ3) is 3.85. The van der Waals surface area contributed by atoms with Crippen molar-refractivity contribution < 1.29 is 4.79 Å². The molecule has 0 spiro atoms. The lowest BCUT2D eigenvalue weighted by Crippen LogP contribution is -2.51. The molecule has 0 saturated carbocycles. The van der Waals surface area contributed by atoms with Gasteiger partial charge in [-0.2, -0.15) is 5.26 Å². The van der Waals surface area contributed by atoms with E-state index in [1.54, 1.807) is 30.6 Å². The Bertz CT molecular complexity index is 1380. The van der Waals surface area contributed by atoms with Crippen molar-refractivity contribution in [1.82, 2.24) is 19.4 Å². The number of imidazole rings is 1. The molecule has 8 heteroatoms. The maximum atomic E-state index is 13.8. The van der Waals surface area contributed by atoms with E-state index in [0.29, 0.717) is 42.8 Å². The molecule has 4 aromatic rings. The molecule has 0 aliphatic carbocycles. The number of aromatic amines is 1. The monoisotopic (exact) mass is 438 g/mol. The van der Waals surface area contributed by atoms with Gasteiger partial charge in [-0.05, 0) is 35.9 Å². The highest BCUT2D eigenvalue weighted by molar-refractivity contribution is 5.87. The highest BCUT2D eigenvalue weighted by Gasteiger charge is 2.32. The predicted molar refractivity (Wildman–Crippen MR) is 125 cm³/mol. The molecule has 1 aliphatic heterocycles. The second kappa shape index (κ2) is 8.63. The van der Waals surface area contributed by atoms with Gasteiger partial charge < -0.3 is 14.8 Å². The maximum Gasteiger partial charge on any atom is 0.327 e. The largest absolute Gasteiger partial charge is 0.368 e. The summed E-state index contributed by atoms with van der Waals surface area (Å²) in [6.07, 6.45) is 3.52. The van der Waals surface area contributed by atoms with Crippen molar-refractivity contribution in [3.63, 3.8) is 0 Å². The van der Waals surface area contributed by atoms with Crippen LogP contribution in [0.5, 0.6) is 0 Å². The van der Waals surface area contributed by atoms with Gasteiger partial charge in [0.15, 0.2) is 0 Å². The summed E-state index contributed by atoms with van der Waals surface area (Å²) >= 11 is 0. The first-order chi connectivity index (χ1) is 16.2. The Labute approximate surface area is 190 Å². The normalized spacial score (nSPS) is 14.8. The van der Waals surface area contributed by atoms with Gasteiger partial charge in [0, 0.05) is 44.3 Å². The highest BCUT2D eigenvalue weighted by Crippen LogP contribution is 2.26. The average Bonchev–Trinajstić information content (AvgIpc) is 3.20. The molecule has 1 fully saturated rings. The van der Waals surface area contributed by atoms with Gasteiger partial charge in [-0.1, -0.05) is 30.3 Å². The fourth-order valence-corrected chi connectivity index (χ4v) is 4.40. The fraction of sp³-hybridized carbons (Fsp3) is 0.200. The Balaban J connectivity index is 1.51. The van der Waals surface area contributed by atoms with Crippen molar-refractivity contribution in [3.05, 3.63) is 94.7 Å². The molecule has 1 atom stereocenters. The molecule has 164 valence electrons. The topological polar surface area (TPSA) is 98.0 Å². The van der Waals surface area contributed by atoms with E-state index < -0.39 is 6.04 Å². The van der Waals surface area contributed by atoms with Crippen LogP contribution in [-0.4, -0.2) is 51.5 Å². The SMILES string of the molecule is N#Cc1ccc2[nH]c(=O)n(C(C(=O)N3CCN(c4ccncc4)CC3)c3ccccc3)c2c1. The molecule has 1 N–H and O–H groups in total. The number of rotatable bonds is 4. The molecule has 1 amide bonds. The molecular weight excluding hydrogens is 416 g/mol. The zero-order chi connectivity index (χ0) is 22.8. The smallest absolute Gasteiger partial charge is 0.327 e. The van der Waals surface area contributed by atoms with Crippen molar-refractivity contribution in [1.29, 1.82) is 5.26 Å². The molecule has 2 aromatic heterocycles. The Hall–Kier alpha value is -4.38. The number of fused-ring (bicyclic) bond motifs is 1. The van der Waals surface area contributed by atoms with E-state index in [1.165, 1.54) is 4.57 Å². The summed E-state index contributed by atoms with van der Waals surface area (Å²) in [5, 5.41) is 9.35. The first-order valence-electron chi connectivity index (χ1n) is 10.8. The van der Waals surface area contributed by atoms with Gasteiger partial charge in [-0.25, -0.2) is 4.79 Å². The van der Waals surface area contributed by atoms with Crippen molar-refractivity contribution in [2.24, 2.45) is 0 Å². The van der Waals surface area contributed by atoms with Gasteiger partial charge in [0.1, 0.15) is 6.04 Å². The van der Waals surface area contributed by atoms with Crippen molar-refractivity contribution in [2.75, 3.05) is 31.1 Å². The molecule has 0 radical (unpaired) electrons. The van der Waals surface area contributed by atoms with Crippen LogP contribution in [0, 0.1) is 11.3 Å². The molecule has 2 aromatic carbocycles. The molecule has 1 unspecified atom stereocenters. The number of anilines is 1. The van der Waals surface area contributed by atoms with Crippen LogP contribution in [0.25, 0.3) is 11.0 Å². The van der Waals surface area contributed by atoms with Crippen molar-refractivity contribution in [3.8, 4) is 6.07 Å².